The van der Waals surface area contributed by atoms with Crippen molar-refractivity contribution in [2.45, 2.75) is 19.6 Å². The smallest absolute Gasteiger partial charge is 0.127 e. The van der Waals surface area contributed by atoms with E-state index in [1.165, 1.54) is 0 Å². The van der Waals surface area contributed by atoms with Gasteiger partial charge in [0.05, 0.1) is 6.10 Å². The minimum absolute atomic E-state index is 0.217. The van der Waals surface area contributed by atoms with Crippen LogP contribution < -0.4 is 5.32 Å². The lowest BCUT2D eigenvalue weighted by Gasteiger charge is -2.07. The molecule has 78 valence electrons. The molecule has 1 aromatic rings. The molecule has 1 aromatic carbocycles. The van der Waals surface area contributed by atoms with E-state index in [-0.39, 0.29) is 12.1 Å². The standard InChI is InChI=1S/C10H13F2NO/c1-7(14)5-13-6-8-4-9(11)2-3-10(8)12/h2-4,7,13-14H,5-6H2,1H3/t7-/m0/s1. The third-order valence-corrected chi connectivity index (χ3v) is 1.76. The summed E-state index contributed by atoms with van der Waals surface area (Å²) in [6, 6.07) is 3.31. The normalized spacial score (nSPS) is 12.9. The first-order valence-corrected chi connectivity index (χ1v) is 4.42. The first-order valence-electron chi connectivity index (χ1n) is 4.42. The summed E-state index contributed by atoms with van der Waals surface area (Å²) < 4.78 is 25.7. The Balaban J connectivity index is 2.53. The Labute approximate surface area is 81.6 Å². The van der Waals surface area contributed by atoms with Gasteiger partial charge in [0, 0.05) is 18.7 Å². The second-order valence-electron chi connectivity index (χ2n) is 3.22. The van der Waals surface area contributed by atoms with Crippen LogP contribution in [-0.4, -0.2) is 17.8 Å². The van der Waals surface area contributed by atoms with Gasteiger partial charge in [-0.1, -0.05) is 0 Å². The van der Waals surface area contributed by atoms with E-state index >= 15 is 0 Å². The molecule has 0 saturated heterocycles. The molecule has 0 radical (unpaired) electrons. The number of nitrogens with one attached hydrogen (secondary N) is 1. The third kappa shape index (κ3) is 3.40. The Morgan fingerprint density at radius 2 is 2.14 bits per heavy atom. The Morgan fingerprint density at radius 3 is 2.79 bits per heavy atom. The lowest BCUT2D eigenvalue weighted by atomic mass is 10.2. The second kappa shape index (κ2) is 5.02. The fraction of sp³-hybridized carbons (Fsp3) is 0.400. The molecule has 0 saturated carbocycles. The Morgan fingerprint density at radius 1 is 1.43 bits per heavy atom. The largest absolute Gasteiger partial charge is 0.392 e. The molecule has 1 rings (SSSR count). The van der Waals surface area contributed by atoms with E-state index in [1.54, 1.807) is 6.92 Å². The van der Waals surface area contributed by atoms with Crippen molar-refractivity contribution >= 4 is 0 Å². The zero-order chi connectivity index (χ0) is 10.6. The van der Waals surface area contributed by atoms with E-state index in [9.17, 15) is 8.78 Å². The molecule has 1 atom stereocenters. The first kappa shape index (κ1) is 11.1. The van der Waals surface area contributed by atoms with Gasteiger partial charge in [-0.3, -0.25) is 0 Å². The van der Waals surface area contributed by atoms with Gasteiger partial charge in [0.2, 0.25) is 0 Å². The van der Waals surface area contributed by atoms with Gasteiger partial charge in [0.25, 0.3) is 0 Å². The molecule has 0 aliphatic rings. The maximum Gasteiger partial charge on any atom is 0.127 e. The molecule has 0 aromatic heterocycles. The van der Waals surface area contributed by atoms with Crippen molar-refractivity contribution < 1.29 is 13.9 Å². The number of benzene rings is 1. The van der Waals surface area contributed by atoms with Crippen LogP contribution in [0, 0.1) is 11.6 Å². The summed E-state index contributed by atoms with van der Waals surface area (Å²) in [6.07, 6.45) is -0.494. The van der Waals surface area contributed by atoms with Crippen LogP contribution in [0.3, 0.4) is 0 Å². The van der Waals surface area contributed by atoms with Crippen LogP contribution >= 0.6 is 0 Å². The fourth-order valence-corrected chi connectivity index (χ4v) is 1.09. The number of rotatable bonds is 4. The van der Waals surface area contributed by atoms with Crippen LogP contribution in [0.5, 0.6) is 0 Å². The monoisotopic (exact) mass is 201 g/mol. The van der Waals surface area contributed by atoms with Crippen LogP contribution in [0.2, 0.25) is 0 Å². The van der Waals surface area contributed by atoms with Crippen molar-refractivity contribution in [3.05, 3.63) is 35.4 Å². The molecule has 0 aliphatic carbocycles. The van der Waals surface area contributed by atoms with Crippen LogP contribution in [-0.2, 0) is 6.54 Å². The second-order valence-corrected chi connectivity index (χ2v) is 3.22. The van der Waals surface area contributed by atoms with E-state index in [4.69, 9.17) is 5.11 Å². The zero-order valence-corrected chi connectivity index (χ0v) is 7.93. The van der Waals surface area contributed by atoms with Crippen molar-refractivity contribution in [1.82, 2.24) is 5.32 Å². The molecule has 4 heteroatoms. The highest BCUT2D eigenvalue weighted by Crippen LogP contribution is 2.08. The number of halogens is 2. The van der Waals surface area contributed by atoms with E-state index in [2.05, 4.69) is 5.32 Å². The molecular weight excluding hydrogens is 188 g/mol. The van der Waals surface area contributed by atoms with Crippen LogP contribution in [0.4, 0.5) is 8.78 Å². The van der Waals surface area contributed by atoms with Crippen LogP contribution in [0.15, 0.2) is 18.2 Å². The summed E-state index contributed by atoms with van der Waals surface area (Å²) in [5.74, 6) is -0.898. The van der Waals surface area contributed by atoms with E-state index in [1.807, 2.05) is 0 Å². The average Bonchev–Trinajstić information content (AvgIpc) is 2.10. The maximum absolute atomic E-state index is 13.0. The van der Waals surface area contributed by atoms with Gasteiger partial charge in [0.1, 0.15) is 11.6 Å². The highest BCUT2D eigenvalue weighted by atomic mass is 19.1. The van der Waals surface area contributed by atoms with E-state index in [0.717, 1.165) is 18.2 Å². The molecule has 14 heavy (non-hydrogen) atoms. The van der Waals surface area contributed by atoms with Gasteiger partial charge >= 0.3 is 0 Å². The number of hydrogen-bond donors (Lipinski definition) is 2. The molecule has 0 unspecified atom stereocenters. The Bertz CT molecular complexity index is 302. The topological polar surface area (TPSA) is 32.3 Å². The van der Waals surface area contributed by atoms with Crippen molar-refractivity contribution in [3.63, 3.8) is 0 Å². The summed E-state index contributed by atoms with van der Waals surface area (Å²) in [4.78, 5) is 0. The van der Waals surface area contributed by atoms with Crippen molar-refractivity contribution in [2.75, 3.05) is 6.54 Å². The lowest BCUT2D eigenvalue weighted by Crippen LogP contribution is -2.24. The summed E-state index contributed by atoms with van der Waals surface area (Å²) in [6.45, 7) is 2.19. The van der Waals surface area contributed by atoms with Crippen LogP contribution in [0.1, 0.15) is 12.5 Å². The van der Waals surface area contributed by atoms with Gasteiger partial charge in [-0.2, -0.15) is 0 Å². The number of hydrogen-bond acceptors (Lipinski definition) is 2. The Hall–Kier alpha value is -1.00. The SMILES string of the molecule is C[C@H](O)CNCc1cc(F)ccc1F. The number of aliphatic hydroxyl groups is 1. The summed E-state index contributed by atoms with van der Waals surface area (Å²) in [5.41, 5.74) is 0.269. The van der Waals surface area contributed by atoms with Crippen molar-refractivity contribution in [1.29, 1.82) is 0 Å². The van der Waals surface area contributed by atoms with Gasteiger partial charge in [0.15, 0.2) is 0 Å². The third-order valence-electron chi connectivity index (χ3n) is 1.76. The summed E-state index contributed by atoms with van der Waals surface area (Å²) >= 11 is 0. The molecule has 0 bridgehead atoms. The summed E-state index contributed by atoms with van der Waals surface area (Å²) in [5, 5.41) is 11.7. The number of aliphatic hydroxyl groups excluding tert-OH is 1. The highest BCUT2D eigenvalue weighted by Gasteiger charge is 2.03. The minimum Gasteiger partial charge on any atom is -0.392 e. The van der Waals surface area contributed by atoms with Crippen molar-refractivity contribution in [2.24, 2.45) is 0 Å². The molecule has 0 aliphatic heterocycles. The maximum atomic E-state index is 13.0. The summed E-state index contributed by atoms with van der Waals surface area (Å²) in [7, 11) is 0. The van der Waals surface area contributed by atoms with E-state index < -0.39 is 17.7 Å². The van der Waals surface area contributed by atoms with Crippen molar-refractivity contribution in [3.8, 4) is 0 Å². The minimum atomic E-state index is -0.494. The molecule has 0 fully saturated rings. The average molecular weight is 201 g/mol. The van der Waals surface area contributed by atoms with Crippen LogP contribution in [0.25, 0.3) is 0 Å². The molecule has 0 spiro atoms. The first-order chi connectivity index (χ1) is 6.59. The molecular formula is C10H13F2NO. The molecule has 0 amide bonds. The van der Waals surface area contributed by atoms with Gasteiger partial charge in [-0.05, 0) is 25.1 Å². The van der Waals surface area contributed by atoms with Gasteiger partial charge < -0.3 is 10.4 Å². The fourth-order valence-electron chi connectivity index (χ4n) is 1.09. The Kier molecular flexibility index (Phi) is 3.98. The highest BCUT2D eigenvalue weighted by molar-refractivity contribution is 5.18. The molecule has 2 N–H and O–H groups in total. The van der Waals surface area contributed by atoms with Gasteiger partial charge in [-0.25, -0.2) is 8.78 Å². The van der Waals surface area contributed by atoms with Gasteiger partial charge in [-0.15, -0.1) is 0 Å². The molecule has 0 heterocycles. The molecule has 2 nitrogen and oxygen atoms in total. The lowest BCUT2D eigenvalue weighted by molar-refractivity contribution is 0.191. The quantitative estimate of drug-likeness (QED) is 0.772. The zero-order valence-electron chi connectivity index (χ0n) is 7.93. The predicted molar refractivity (Wildman–Crippen MR) is 49.7 cm³/mol. The predicted octanol–water partition coefficient (Wildman–Crippen LogP) is 1.44. The van der Waals surface area contributed by atoms with E-state index in [0.29, 0.717) is 6.54 Å².